The number of aliphatic hydroxyl groups is 1. The van der Waals surface area contributed by atoms with Gasteiger partial charge in [-0.1, -0.05) is 91.0 Å². The molecule has 0 amide bonds. The molecule has 4 rings (SSSR count). The van der Waals surface area contributed by atoms with Gasteiger partial charge in [0.05, 0.1) is 16.9 Å². The van der Waals surface area contributed by atoms with Crippen molar-refractivity contribution in [2.75, 3.05) is 0 Å². The van der Waals surface area contributed by atoms with Gasteiger partial charge < -0.3 is 14.8 Å². The Kier molecular flexibility index (Phi) is 6.98. The molecule has 0 spiro atoms. The minimum Gasteiger partial charge on any atom is -0.423 e. The molecule has 0 aliphatic carbocycles. The van der Waals surface area contributed by atoms with Crippen LogP contribution >= 0.6 is 0 Å². The Labute approximate surface area is 214 Å². The summed E-state index contributed by atoms with van der Waals surface area (Å²) in [6.07, 6.45) is 0. The molecule has 0 atom stereocenters. The van der Waals surface area contributed by atoms with Gasteiger partial charge in [-0.15, -0.1) is 0 Å². The summed E-state index contributed by atoms with van der Waals surface area (Å²) < 4.78 is 8.05. The van der Waals surface area contributed by atoms with Crippen LogP contribution < -0.4 is 5.46 Å². The molecular weight excluding hydrogens is 447 g/mol. The van der Waals surface area contributed by atoms with E-state index in [2.05, 4.69) is 36.4 Å². The van der Waals surface area contributed by atoms with E-state index in [0.29, 0.717) is 11.2 Å². The number of rotatable bonds is 8. The zero-order valence-electron chi connectivity index (χ0n) is 21.9. The Morgan fingerprint density at radius 2 is 1.11 bits per heavy atom. The lowest BCUT2D eigenvalue weighted by Crippen LogP contribution is -2.53. The largest absolute Gasteiger partial charge is 0.495 e. The normalized spacial score (nSPS) is 12.6. The molecule has 0 aliphatic heterocycles. The second kappa shape index (κ2) is 9.70. The topological polar surface area (TPSA) is 67.5 Å². The summed E-state index contributed by atoms with van der Waals surface area (Å²) in [5.74, 6) is 0. The van der Waals surface area contributed by atoms with Crippen molar-refractivity contribution >= 4 is 12.6 Å². The number of hydrogen-bond donors (Lipinski definition) is 2. The molecule has 1 aromatic heterocycles. The van der Waals surface area contributed by atoms with E-state index in [4.69, 9.17) is 9.75 Å². The van der Waals surface area contributed by atoms with E-state index in [-0.39, 0.29) is 0 Å². The molecule has 6 heteroatoms. The maximum Gasteiger partial charge on any atom is 0.495 e. The van der Waals surface area contributed by atoms with Gasteiger partial charge in [-0.3, -0.25) is 4.68 Å². The number of hydrogen-bond acceptors (Lipinski definition) is 4. The molecule has 1 heterocycles. The van der Waals surface area contributed by atoms with Gasteiger partial charge in [-0.2, -0.15) is 5.10 Å². The number of nitrogens with zero attached hydrogens (tertiary/aromatic N) is 2. The van der Waals surface area contributed by atoms with Crippen LogP contribution in [-0.4, -0.2) is 38.2 Å². The third-order valence-corrected chi connectivity index (χ3v) is 7.37. The Balaban J connectivity index is 2.00. The van der Waals surface area contributed by atoms with Gasteiger partial charge in [0.15, 0.2) is 0 Å². The molecule has 0 aliphatic rings. The van der Waals surface area contributed by atoms with Crippen LogP contribution in [0.3, 0.4) is 0 Å². The Morgan fingerprint density at radius 1 is 0.722 bits per heavy atom. The van der Waals surface area contributed by atoms with Crippen molar-refractivity contribution < 1.29 is 14.8 Å². The molecule has 3 aromatic carbocycles. The van der Waals surface area contributed by atoms with Crippen molar-refractivity contribution in [1.29, 1.82) is 0 Å². The summed E-state index contributed by atoms with van der Waals surface area (Å²) in [5.41, 5.74) is 2.24. The van der Waals surface area contributed by atoms with Crippen LogP contribution in [0.5, 0.6) is 0 Å². The van der Waals surface area contributed by atoms with Gasteiger partial charge >= 0.3 is 7.12 Å². The van der Waals surface area contributed by atoms with Crippen LogP contribution in [0.2, 0.25) is 0 Å². The van der Waals surface area contributed by atoms with Crippen LogP contribution in [0, 0.1) is 13.8 Å². The first kappa shape index (κ1) is 25.9. The van der Waals surface area contributed by atoms with E-state index in [1.54, 1.807) is 27.7 Å². The molecule has 0 saturated carbocycles. The standard InChI is InChI=1S/C30H35BN2O3/c1-22-27(31(35)36-29(5,6)28(3,4)34)23(2)33(32-22)30(24-16-10-7-11-17-24,25-18-12-8-13-19-25)26-20-14-9-15-21-26/h7-21,34-35H,1-6H3. The third kappa shape index (κ3) is 4.41. The van der Waals surface area contributed by atoms with Crippen molar-refractivity contribution in [3.8, 4) is 0 Å². The molecule has 0 radical (unpaired) electrons. The summed E-state index contributed by atoms with van der Waals surface area (Å²) in [4.78, 5) is 0. The van der Waals surface area contributed by atoms with Crippen LogP contribution in [0.15, 0.2) is 91.0 Å². The van der Waals surface area contributed by atoms with E-state index in [1.165, 1.54) is 0 Å². The summed E-state index contributed by atoms with van der Waals surface area (Å²) in [5, 5.41) is 26.9. The third-order valence-electron chi connectivity index (χ3n) is 7.37. The van der Waals surface area contributed by atoms with Gasteiger partial charge in [-0.05, 0) is 58.2 Å². The predicted octanol–water partition coefficient (Wildman–Crippen LogP) is 4.59. The molecule has 186 valence electrons. The molecule has 36 heavy (non-hydrogen) atoms. The highest BCUT2D eigenvalue weighted by Gasteiger charge is 2.44. The quantitative estimate of drug-likeness (QED) is 0.285. The Hall–Kier alpha value is -3.19. The van der Waals surface area contributed by atoms with Crippen LogP contribution in [0.1, 0.15) is 55.8 Å². The van der Waals surface area contributed by atoms with Gasteiger partial charge in [-0.25, -0.2) is 0 Å². The second-order valence-electron chi connectivity index (χ2n) is 10.3. The first-order chi connectivity index (χ1) is 17.0. The van der Waals surface area contributed by atoms with E-state index in [9.17, 15) is 10.1 Å². The molecule has 2 N–H and O–H groups in total. The zero-order chi connectivity index (χ0) is 26.1. The zero-order valence-corrected chi connectivity index (χ0v) is 21.9. The molecule has 0 saturated heterocycles. The van der Waals surface area contributed by atoms with E-state index in [1.807, 2.05) is 73.1 Å². The van der Waals surface area contributed by atoms with Crippen molar-refractivity contribution in [3.63, 3.8) is 0 Å². The molecule has 5 nitrogen and oxygen atoms in total. The van der Waals surface area contributed by atoms with Gasteiger partial charge in [0, 0.05) is 11.2 Å². The highest BCUT2D eigenvalue weighted by atomic mass is 16.5. The minimum atomic E-state index is -1.26. The molecular formula is C30H35BN2O3. The lowest BCUT2D eigenvalue weighted by molar-refractivity contribution is -0.0982. The highest BCUT2D eigenvalue weighted by Crippen LogP contribution is 2.41. The monoisotopic (exact) mass is 482 g/mol. The molecule has 0 unspecified atom stereocenters. The number of aromatic nitrogens is 2. The summed E-state index contributed by atoms with van der Waals surface area (Å²) in [6.45, 7) is 10.7. The minimum absolute atomic E-state index is 0.597. The first-order valence-electron chi connectivity index (χ1n) is 12.3. The van der Waals surface area contributed by atoms with Crippen molar-refractivity contribution in [2.24, 2.45) is 0 Å². The van der Waals surface area contributed by atoms with E-state index < -0.39 is 23.9 Å². The SMILES string of the molecule is Cc1nn(C(c2ccccc2)(c2ccccc2)c2ccccc2)c(C)c1B(O)OC(C)(C)C(C)(C)O. The van der Waals surface area contributed by atoms with E-state index >= 15 is 0 Å². The second-order valence-corrected chi connectivity index (χ2v) is 10.3. The van der Waals surface area contributed by atoms with Gasteiger partial charge in [0.25, 0.3) is 0 Å². The van der Waals surface area contributed by atoms with E-state index in [0.717, 1.165) is 22.4 Å². The average Bonchev–Trinajstić information content (AvgIpc) is 3.15. The summed E-state index contributed by atoms with van der Waals surface area (Å²) in [7, 11) is -1.26. The average molecular weight is 482 g/mol. The van der Waals surface area contributed by atoms with Gasteiger partial charge in [0.1, 0.15) is 5.54 Å². The molecule has 0 fully saturated rings. The van der Waals surface area contributed by atoms with Crippen LogP contribution in [0.4, 0.5) is 0 Å². The summed E-state index contributed by atoms with van der Waals surface area (Å²) in [6, 6.07) is 30.9. The highest BCUT2D eigenvalue weighted by molar-refractivity contribution is 6.61. The smallest absolute Gasteiger partial charge is 0.423 e. The maximum absolute atomic E-state index is 11.3. The van der Waals surface area contributed by atoms with Crippen LogP contribution in [0.25, 0.3) is 0 Å². The molecule has 0 bridgehead atoms. The maximum atomic E-state index is 11.3. The summed E-state index contributed by atoms with van der Waals surface area (Å²) >= 11 is 0. The van der Waals surface area contributed by atoms with Crippen molar-refractivity contribution in [3.05, 3.63) is 119 Å². The fourth-order valence-electron chi connectivity index (χ4n) is 4.73. The fourth-order valence-corrected chi connectivity index (χ4v) is 4.73. The lowest BCUT2D eigenvalue weighted by atomic mass is 9.74. The van der Waals surface area contributed by atoms with Crippen LogP contribution in [-0.2, 0) is 10.2 Å². The van der Waals surface area contributed by atoms with Crippen molar-refractivity contribution in [1.82, 2.24) is 9.78 Å². The van der Waals surface area contributed by atoms with Gasteiger partial charge in [0.2, 0.25) is 0 Å². The Bertz CT molecular complexity index is 1200. The van der Waals surface area contributed by atoms with Crippen molar-refractivity contribution in [2.45, 2.75) is 58.3 Å². The molecule has 4 aromatic rings. The number of benzene rings is 3. The number of aryl methyl sites for hydroxylation is 1. The fraction of sp³-hybridized carbons (Fsp3) is 0.300. The first-order valence-corrected chi connectivity index (χ1v) is 12.3. The lowest BCUT2D eigenvalue weighted by Gasteiger charge is -2.39. The Morgan fingerprint density at radius 3 is 1.47 bits per heavy atom. The predicted molar refractivity (Wildman–Crippen MR) is 145 cm³/mol.